The molecule has 12 heteroatoms. The van der Waals surface area contributed by atoms with Crippen LogP contribution in [0.1, 0.15) is 16.7 Å². The quantitative estimate of drug-likeness (QED) is 0.165. The zero-order chi connectivity index (χ0) is 30.9. The van der Waals surface area contributed by atoms with Crippen LogP contribution in [0.15, 0.2) is 84.9 Å². The van der Waals surface area contributed by atoms with Crippen LogP contribution in [0.4, 0.5) is 0 Å². The molecular formula is C31H35N5O6S. The molecular weight excluding hydrogens is 570 g/mol. The van der Waals surface area contributed by atoms with E-state index in [1.807, 2.05) is 60.7 Å². The number of carboxylic acid groups (broad SMARTS) is 1. The maximum atomic E-state index is 13.6. The van der Waals surface area contributed by atoms with E-state index >= 15 is 0 Å². The fourth-order valence-electron chi connectivity index (χ4n) is 4.90. The molecule has 1 saturated heterocycles. The molecule has 3 aromatic rings. The van der Waals surface area contributed by atoms with Crippen LogP contribution in [-0.4, -0.2) is 74.2 Å². The lowest BCUT2D eigenvalue weighted by atomic mass is 10.0. The first-order valence-corrected chi connectivity index (χ1v) is 14.8. The van der Waals surface area contributed by atoms with Crippen molar-refractivity contribution in [2.24, 2.45) is 11.5 Å². The normalized spacial score (nSPS) is 18.4. The second-order valence-electron chi connectivity index (χ2n) is 10.3. The summed E-state index contributed by atoms with van der Waals surface area (Å²) >= 11 is 1.18. The van der Waals surface area contributed by atoms with E-state index in [-0.39, 0.29) is 30.9 Å². The van der Waals surface area contributed by atoms with Gasteiger partial charge in [-0.15, -0.1) is 11.8 Å². The van der Waals surface area contributed by atoms with Gasteiger partial charge in [0.25, 0.3) is 0 Å². The molecule has 1 heterocycles. The van der Waals surface area contributed by atoms with Gasteiger partial charge >= 0.3 is 5.97 Å². The number of carbonyl (C=O) groups is 4. The molecule has 0 aromatic heterocycles. The molecule has 1 aliphatic rings. The summed E-state index contributed by atoms with van der Waals surface area (Å²) in [4.78, 5) is 52.8. The standard InChI is InChI=1S/C31H35N5O6S/c32-23(15-21-11-13-22(37)14-12-21)30(40)36-18-43-29(26(36)31(41)42)35-25(17-20-9-5-2-6-10-20)28(39)34-24(27(33)38)16-19-7-3-1-4-8-19/h1-14,23-26,29,35,37H,15-18,32H2,(H2,33,38)(H,34,39)(H,41,42)/t23-,24-,25-,26-,29-/m0/s1. The van der Waals surface area contributed by atoms with E-state index < -0.39 is 53.2 Å². The molecule has 5 atom stereocenters. The number of primary amides is 1. The number of aliphatic carboxylic acids is 1. The van der Waals surface area contributed by atoms with Crippen LogP contribution in [0.25, 0.3) is 0 Å². The fraction of sp³-hybridized carbons (Fsp3) is 0.290. The molecule has 11 nitrogen and oxygen atoms in total. The Labute approximate surface area is 253 Å². The van der Waals surface area contributed by atoms with Gasteiger partial charge in [-0.25, -0.2) is 4.79 Å². The molecule has 3 amide bonds. The third-order valence-corrected chi connectivity index (χ3v) is 8.35. The Morgan fingerprint density at radius 3 is 1.91 bits per heavy atom. The van der Waals surface area contributed by atoms with Crippen LogP contribution in [0.2, 0.25) is 0 Å². The third-order valence-electron chi connectivity index (χ3n) is 7.17. The van der Waals surface area contributed by atoms with Crippen LogP contribution in [0.3, 0.4) is 0 Å². The summed E-state index contributed by atoms with van der Waals surface area (Å²) in [6, 6.07) is 20.3. The summed E-state index contributed by atoms with van der Waals surface area (Å²) in [5.74, 6) is -2.89. The molecule has 43 heavy (non-hydrogen) atoms. The number of benzene rings is 3. The second-order valence-corrected chi connectivity index (χ2v) is 11.4. The van der Waals surface area contributed by atoms with E-state index in [1.54, 1.807) is 12.1 Å². The number of thioether (sulfide) groups is 1. The fourth-order valence-corrected chi connectivity index (χ4v) is 6.22. The van der Waals surface area contributed by atoms with Gasteiger partial charge in [0.1, 0.15) is 11.8 Å². The van der Waals surface area contributed by atoms with Gasteiger partial charge in [0, 0.05) is 6.42 Å². The third kappa shape index (κ3) is 8.57. The monoisotopic (exact) mass is 605 g/mol. The number of hydrogen-bond donors (Lipinski definition) is 6. The van der Waals surface area contributed by atoms with Crippen molar-refractivity contribution in [3.05, 3.63) is 102 Å². The summed E-state index contributed by atoms with van der Waals surface area (Å²) < 4.78 is 0. The van der Waals surface area contributed by atoms with E-state index in [2.05, 4.69) is 10.6 Å². The maximum Gasteiger partial charge on any atom is 0.328 e. The summed E-state index contributed by atoms with van der Waals surface area (Å²) in [7, 11) is 0. The first kappa shape index (κ1) is 31.5. The number of carboxylic acids is 1. The van der Waals surface area contributed by atoms with E-state index in [0.29, 0.717) is 5.56 Å². The highest BCUT2D eigenvalue weighted by Gasteiger charge is 2.45. The molecule has 3 aromatic carbocycles. The van der Waals surface area contributed by atoms with Crippen LogP contribution in [-0.2, 0) is 38.4 Å². The number of aromatic hydroxyl groups is 1. The van der Waals surface area contributed by atoms with Crippen molar-refractivity contribution < 1.29 is 29.4 Å². The highest BCUT2D eigenvalue weighted by atomic mass is 32.2. The van der Waals surface area contributed by atoms with Crippen molar-refractivity contribution >= 4 is 35.5 Å². The number of carbonyl (C=O) groups excluding carboxylic acids is 3. The molecule has 8 N–H and O–H groups in total. The Morgan fingerprint density at radius 1 is 0.837 bits per heavy atom. The number of nitrogens with zero attached hydrogens (tertiary/aromatic N) is 1. The SMILES string of the molecule is NC(=O)[C@H](Cc1ccccc1)NC(=O)[C@H](Cc1ccccc1)N[C@H]1SCN(C(=O)[C@@H](N)Cc2ccc(O)cc2)[C@@H]1C(=O)O. The minimum atomic E-state index is -1.30. The van der Waals surface area contributed by atoms with Gasteiger partial charge in [-0.1, -0.05) is 72.8 Å². The number of hydrogen-bond acceptors (Lipinski definition) is 8. The van der Waals surface area contributed by atoms with Crippen LogP contribution in [0.5, 0.6) is 5.75 Å². The lowest BCUT2D eigenvalue weighted by Crippen LogP contribution is -2.59. The molecule has 0 radical (unpaired) electrons. The van der Waals surface area contributed by atoms with Gasteiger partial charge in [-0.2, -0.15) is 0 Å². The zero-order valence-electron chi connectivity index (χ0n) is 23.3. The lowest BCUT2D eigenvalue weighted by molar-refractivity contribution is -0.149. The number of phenols is 1. The minimum absolute atomic E-state index is 0.0499. The first-order valence-electron chi connectivity index (χ1n) is 13.7. The van der Waals surface area contributed by atoms with Gasteiger partial charge in [-0.3, -0.25) is 19.7 Å². The van der Waals surface area contributed by atoms with Crippen molar-refractivity contribution in [1.82, 2.24) is 15.5 Å². The molecule has 0 saturated carbocycles. The Balaban J connectivity index is 1.50. The predicted octanol–water partition coefficient (Wildman–Crippen LogP) is 0.988. The minimum Gasteiger partial charge on any atom is -0.508 e. The van der Waals surface area contributed by atoms with Crippen LogP contribution in [0, 0.1) is 0 Å². The Bertz CT molecular complexity index is 1410. The summed E-state index contributed by atoms with van der Waals surface area (Å²) in [6.07, 6.45) is 0.540. The second kappa shape index (κ2) is 14.7. The Morgan fingerprint density at radius 2 is 1.37 bits per heavy atom. The predicted molar refractivity (Wildman–Crippen MR) is 163 cm³/mol. The maximum absolute atomic E-state index is 13.6. The zero-order valence-corrected chi connectivity index (χ0v) is 24.2. The smallest absolute Gasteiger partial charge is 0.328 e. The highest BCUT2D eigenvalue weighted by molar-refractivity contribution is 8.00. The number of amides is 3. The number of nitrogens with two attached hydrogens (primary N) is 2. The molecule has 0 bridgehead atoms. The topological polar surface area (TPSA) is 188 Å². The number of phenolic OH excluding ortho intramolecular Hbond substituents is 1. The lowest BCUT2D eigenvalue weighted by Gasteiger charge is -2.29. The number of nitrogens with one attached hydrogen (secondary N) is 2. The summed E-state index contributed by atoms with van der Waals surface area (Å²) in [5, 5.41) is 24.7. The van der Waals surface area contributed by atoms with Gasteiger partial charge in [0.2, 0.25) is 17.7 Å². The van der Waals surface area contributed by atoms with Gasteiger partial charge in [0.05, 0.1) is 23.3 Å². The molecule has 4 rings (SSSR count). The molecule has 0 unspecified atom stereocenters. The van der Waals surface area contributed by atoms with Gasteiger partial charge < -0.3 is 31.9 Å². The van der Waals surface area contributed by atoms with Gasteiger partial charge in [0.15, 0.2) is 6.04 Å². The van der Waals surface area contributed by atoms with E-state index in [0.717, 1.165) is 11.1 Å². The first-order chi connectivity index (χ1) is 20.6. The molecule has 1 aliphatic heterocycles. The average molecular weight is 606 g/mol. The summed E-state index contributed by atoms with van der Waals surface area (Å²) in [5.41, 5.74) is 14.2. The Hall–Kier alpha value is -4.39. The van der Waals surface area contributed by atoms with E-state index in [1.165, 1.54) is 28.8 Å². The largest absolute Gasteiger partial charge is 0.508 e. The van der Waals surface area contributed by atoms with Crippen LogP contribution < -0.4 is 22.1 Å². The molecule has 0 spiro atoms. The Kier molecular flexibility index (Phi) is 10.8. The van der Waals surface area contributed by atoms with E-state index in [4.69, 9.17) is 11.5 Å². The molecule has 1 fully saturated rings. The van der Waals surface area contributed by atoms with Crippen molar-refractivity contribution in [3.8, 4) is 5.75 Å². The molecule has 226 valence electrons. The number of rotatable bonds is 13. The van der Waals surface area contributed by atoms with Crippen molar-refractivity contribution in [2.45, 2.75) is 48.8 Å². The highest BCUT2D eigenvalue weighted by Crippen LogP contribution is 2.29. The van der Waals surface area contributed by atoms with Gasteiger partial charge in [-0.05, 0) is 41.7 Å². The van der Waals surface area contributed by atoms with Crippen LogP contribution >= 0.6 is 11.8 Å². The van der Waals surface area contributed by atoms with Crippen molar-refractivity contribution in [2.75, 3.05) is 5.88 Å². The van der Waals surface area contributed by atoms with Crippen molar-refractivity contribution in [3.63, 3.8) is 0 Å². The average Bonchev–Trinajstić information content (AvgIpc) is 3.42. The molecule has 0 aliphatic carbocycles. The van der Waals surface area contributed by atoms with Crippen molar-refractivity contribution in [1.29, 1.82) is 0 Å². The summed E-state index contributed by atoms with van der Waals surface area (Å²) in [6.45, 7) is 0. The van der Waals surface area contributed by atoms with E-state index in [9.17, 15) is 29.4 Å².